The fourth-order valence-electron chi connectivity index (χ4n) is 2.11. The summed E-state index contributed by atoms with van der Waals surface area (Å²) < 4.78 is 6.29. The van der Waals surface area contributed by atoms with Gasteiger partial charge >= 0.3 is 0 Å². The lowest BCUT2D eigenvalue weighted by molar-refractivity contribution is -0.112. The molecule has 0 saturated carbocycles. The van der Waals surface area contributed by atoms with Crippen molar-refractivity contribution in [2.75, 3.05) is 11.9 Å². The van der Waals surface area contributed by atoms with Gasteiger partial charge in [-0.1, -0.05) is 25.1 Å². The molecule has 0 fully saturated rings. The predicted molar refractivity (Wildman–Crippen MR) is 103 cm³/mol. The van der Waals surface area contributed by atoms with Crippen LogP contribution in [-0.4, -0.2) is 12.5 Å². The van der Waals surface area contributed by atoms with Gasteiger partial charge in [0.1, 0.15) is 17.4 Å². The second-order valence-electron chi connectivity index (χ2n) is 5.52. The number of hydrogen-bond donors (Lipinski definition) is 1. The molecule has 0 radical (unpaired) electrons. The van der Waals surface area contributed by atoms with Gasteiger partial charge in [-0.3, -0.25) is 4.79 Å². The smallest absolute Gasteiger partial charge is 0.266 e. The van der Waals surface area contributed by atoms with Gasteiger partial charge in [-0.2, -0.15) is 5.26 Å². The van der Waals surface area contributed by atoms with E-state index in [4.69, 9.17) is 4.74 Å². The van der Waals surface area contributed by atoms with E-state index in [0.717, 1.165) is 27.8 Å². The number of nitrogens with zero attached hydrogens (tertiary/aromatic N) is 1. The standard InChI is InChI=1S/C20H19BrN2O2/c1-3-10-25-17-7-5-15(6-8-17)12-16(13-22)20(24)23-19-9-4-14(2)11-18(19)21/h4-9,11-12H,3,10H2,1-2H3,(H,23,24). The van der Waals surface area contributed by atoms with E-state index in [1.807, 2.05) is 56.3 Å². The lowest BCUT2D eigenvalue weighted by atomic mass is 10.1. The molecule has 0 aliphatic rings. The van der Waals surface area contributed by atoms with Gasteiger partial charge < -0.3 is 10.1 Å². The molecule has 0 saturated heterocycles. The highest BCUT2D eigenvalue weighted by Crippen LogP contribution is 2.24. The normalized spacial score (nSPS) is 10.9. The summed E-state index contributed by atoms with van der Waals surface area (Å²) in [6.45, 7) is 4.67. The van der Waals surface area contributed by atoms with Crippen molar-refractivity contribution in [3.63, 3.8) is 0 Å². The summed E-state index contributed by atoms with van der Waals surface area (Å²) in [7, 11) is 0. The Morgan fingerprint density at radius 2 is 2.00 bits per heavy atom. The number of anilines is 1. The van der Waals surface area contributed by atoms with Crippen LogP contribution in [0.15, 0.2) is 52.5 Å². The minimum Gasteiger partial charge on any atom is -0.494 e. The van der Waals surface area contributed by atoms with Gasteiger partial charge in [0.05, 0.1) is 12.3 Å². The number of halogens is 1. The van der Waals surface area contributed by atoms with E-state index in [9.17, 15) is 10.1 Å². The van der Waals surface area contributed by atoms with Crippen LogP contribution in [0.2, 0.25) is 0 Å². The monoisotopic (exact) mass is 398 g/mol. The van der Waals surface area contributed by atoms with E-state index in [1.165, 1.54) is 0 Å². The molecule has 0 aliphatic carbocycles. The SMILES string of the molecule is CCCOc1ccc(C=C(C#N)C(=O)Nc2ccc(C)cc2Br)cc1. The maximum absolute atomic E-state index is 12.3. The van der Waals surface area contributed by atoms with Crippen molar-refractivity contribution in [1.29, 1.82) is 5.26 Å². The number of aryl methyl sites for hydroxylation is 1. The molecule has 0 unspecified atom stereocenters. The van der Waals surface area contributed by atoms with E-state index < -0.39 is 5.91 Å². The Labute approximate surface area is 156 Å². The number of nitrogens with one attached hydrogen (secondary N) is 1. The average Bonchev–Trinajstić information content (AvgIpc) is 2.61. The fraction of sp³-hybridized carbons (Fsp3) is 0.200. The number of ether oxygens (including phenoxy) is 1. The first-order chi connectivity index (χ1) is 12.0. The second kappa shape index (κ2) is 9.05. The molecule has 1 amide bonds. The number of nitriles is 1. The summed E-state index contributed by atoms with van der Waals surface area (Å²) in [5, 5.41) is 12.1. The van der Waals surface area contributed by atoms with Crippen LogP contribution in [0.25, 0.3) is 6.08 Å². The molecule has 0 atom stereocenters. The third kappa shape index (κ3) is 5.47. The molecule has 0 heterocycles. The molecule has 0 bridgehead atoms. The summed E-state index contributed by atoms with van der Waals surface area (Å²) in [5.74, 6) is 0.323. The average molecular weight is 399 g/mol. The highest BCUT2D eigenvalue weighted by Gasteiger charge is 2.11. The third-order valence-electron chi connectivity index (χ3n) is 3.40. The zero-order valence-corrected chi connectivity index (χ0v) is 15.8. The maximum Gasteiger partial charge on any atom is 0.266 e. The maximum atomic E-state index is 12.3. The zero-order chi connectivity index (χ0) is 18.2. The predicted octanol–water partition coefficient (Wildman–Crippen LogP) is 5.09. The van der Waals surface area contributed by atoms with Crippen molar-refractivity contribution >= 4 is 33.6 Å². The number of hydrogen-bond acceptors (Lipinski definition) is 3. The Hall–Kier alpha value is -2.58. The van der Waals surface area contributed by atoms with E-state index in [1.54, 1.807) is 12.1 Å². The summed E-state index contributed by atoms with van der Waals surface area (Å²) in [6.07, 6.45) is 2.50. The Morgan fingerprint density at radius 1 is 1.28 bits per heavy atom. The van der Waals surface area contributed by atoms with Gasteiger partial charge in [-0.15, -0.1) is 0 Å². The van der Waals surface area contributed by atoms with Crippen molar-refractivity contribution in [2.24, 2.45) is 0 Å². The van der Waals surface area contributed by atoms with Crippen LogP contribution in [0.3, 0.4) is 0 Å². The summed E-state index contributed by atoms with van der Waals surface area (Å²) >= 11 is 3.41. The molecule has 0 aromatic heterocycles. The van der Waals surface area contributed by atoms with Gasteiger partial charge in [0.25, 0.3) is 5.91 Å². The fourth-order valence-corrected chi connectivity index (χ4v) is 2.70. The van der Waals surface area contributed by atoms with E-state index >= 15 is 0 Å². The lowest BCUT2D eigenvalue weighted by Crippen LogP contribution is -2.13. The molecule has 25 heavy (non-hydrogen) atoms. The van der Waals surface area contributed by atoms with Crippen molar-refractivity contribution in [3.05, 3.63) is 63.6 Å². The van der Waals surface area contributed by atoms with Gasteiger partial charge in [-0.25, -0.2) is 0 Å². The van der Waals surface area contributed by atoms with Crippen LogP contribution in [-0.2, 0) is 4.79 Å². The molecule has 2 aromatic rings. The van der Waals surface area contributed by atoms with Crippen LogP contribution in [0.1, 0.15) is 24.5 Å². The van der Waals surface area contributed by atoms with Crippen molar-refractivity contribution < 1.29 is 9.53 Å². The van der Waals surface area contributed by atoms with Gasteiger partial charge in [-0.05, 0) is 70.7 Å². The highest BCUT2D eigenvalue weighted by molar-refractivity contribution is 9.10. The van der Waals surface area contributed by atoms with Crippen LogP contribution >= 0.6 is 15.9 Å². The van der Waals surface area contributed by atoms with E-state index in [2.05, 4.69) is 21.2 Å². The van der Waals surface area contributed by atoms with Crippen LogP contribution in [0.5, 0.6) is 5.75 Å². The zero-order valence-electron chi connectivity index (χ0n) is 14.2. The molecule has 2 aromatic carbocycles. The third-order valence-corrected chi connectivity index (χ3v) is 4.06. The molecule has 1 N–H and O–H groups in total. The number of carbonyl (C=O) groups is 1. The van der Waals surface area contributed by atoms with Crippen LogP contribution < -0.4 is 10.1 Å². The number of benzene rings is 2. The molecule has 5 heteroatoms. The lowest BCUT2D eigenvalue weighted by Gasteiger charge is -2.08. The minimum absolute atomic E-state index is 0.0368. The van der Waals surface area contributed by atoms with E-state index in [-0.39, 0.29) is 5.57 Å². The Morgan fingerprint density at radius 3 is 2.60 bits per heavy atom. The molecular formula is C20H19BrN2O2. The largest absolute Gasteiger partial charge is 0.494 e. The van der Waals surface area contributed by atoms with Gasteiger partial charge in [0.2, 0.25) is 0 Å². The highest BCUT2D eigenvalue weighted by atomic mass is 79.9. The Kier molecular flexibility index (Phi) is 6.79. The molecule has 4 nitrogen and oxygen atoms in total. The minimum atomic E-state index is -0.446. The number of rotatable bonds is 6. The summed E-state index contributed by atoms with van der Waals surface area (Å²) in [6, 6.07) is 14.8. The van der Waals surface area contributed by atoms with Gasteiger partial charge in [0.15, 0.2) is 0 Å². The quantitative estimate of drug-likeness (QED) is 0.544. The van der Waals surface area contributed by atoms with E-state index in [0.29, 0.717) is 12.3 Å². The molecule has 0 aliphatic heterocycles. The molecule has 128 valence electrons. The molecule has 2 rings (SSSR count). The first-order valence-electron chi connectivity index (χ1n) is 7.95. The Bertz CT molecular complexity index is 821. The summed E-state index contributed by atoms with van der Waals surface area (Å²) in [5.41, 5.74) is 2.50. The number of amides is 1. The molecular weight excluding hydrogens is 380 g/mol. The van der Waals surface area contributed by atoms with Crippen LogP contribution in [0, 0.1) is 18.3 Å². The van der Waals surface area contributed by atoms with Gasteiger partial charge in [0, 0.05) is 4.47 Å². The van der Waals surface area contributed by atoms with Crippen molar-refractivity contribution in [3.8, 4) is 11.8 Å². The first-order valence-corrected chi connectivity index (χ1v) is 8.75. The number of carbonyl (C=O) groups excluding carboxylic acids is 1. The molecule has 0 spiro atoms. The first kappa shape index (κ1) is 18.8. The van der Waals surface area contributed by atoms with Crippen molar-refractivity contribution in [1.82, 2.24) is 0 Å². The van der Waals surface area contributed by atoms with Crippen LogP contribution in [0.4, 0.5) is 5.69 Å². The summed E-state index contributed by atoms with van der Waals surface area (Å²) in [4.78, 5) is 12.3. The second-order valence-corrected chi connectivity index (χ2v) is 6.38. The Balaban J connectivity index is 2.13. The topological polar surface area (TPSA) is 62.1 Å². The van der Waals surface area contributed by atoms with Crippen molar-refractivity contribution in [2.45, 2.75) is 20.3 Å².